The van der Waals surface area contributed by atoms with Gasteiger partial charge in [0.1, 0.15) is 16.0 Å². The number of fused-ring (bicyclic) bond motifs is 1. The summed E-state index contributed by atoms with van der Waals surface area (Å²) < 4.78 is 1.97. The standard InChI is InChI=1S/C18H19N3OS/c1-12-8-18(12,9-14-6-4-3-5-7-14)20-17(22)16-13(2)21-11-19-10-15(21)23-16/h3-7,10-12H,8-9H2,1-2H3,(H,20,22)/t12-,18-/m1/s1. The van der Waals surface area contributed by atoms with Gasteiger partial charge in [0.25, 0.3) is 5.91 Å². The van der Waals surface area contributed by atoms with Gasteiger partial charge in [0.2, 0.25) is 0 Å². The molecular weight excluding hydrogens is 306 g/mol. The van der Waals surface area contributed by atoms with Gasteiger partial charge in [-0.1, -0.05) is 37.3 Å². The summed E-state index contributed by atoms with van der Waals surface area (Å²) in [4.78, 5) is 18.7. The maximum absolute atomic E-state index is 12.8. The summed E-state index contributed by atoms with van der Waals surface area (Å²) in [6, 6.07) is 10.4. The summed E-state index contributed by atoms with van der Waals surface area (Å²) in [6.07, 6.45) is 5.50. The van der Waals surface area contributed by atoms with E-state index in [9.17, 15) is 4.79 Å². The van der Waals surface area contributed by atoms with Crippen molar-refractivity contribution in [2.45, 2.75) is 32.2 Å². The fraction of sp³-hybridized carbons (Fsp3) is 0.333. The molecule has 2 heterocycles. The minimum atomic E-state index is -0.0955. The van der Waals surface area contributed by atoms with Crippen molar-refractivity contribution in [3.63, 3.8) is 0 Å². The number of carbonyl (C=O) groups is 1. The predicted octanol–water partition coefficient (Wildman–Crippen LogP) is 3.46. The third kappa shape index (κ3) is 2.45. The van der Waals surface area contributed by atoms with Crippen LogP contribution in [-0.4, -0.2) is 20.8 Å². The number of carbonyl (C=O) groups excluding carboxylic acids is 1. The van der Waals surface area contributed by atoms with E-state index in [1.54, 1.807) is 12.5 Å². The van der Waals surface area contributed by atoms with Crippen molar-refractivity contribution in [3.05, 3.63) is 59.0 Å². The molecule has 1 N–H and O–H groups in total. The van der Waals surface area contributed by atoms with Gasteiger partial charge in [-0.2, -0.15) is 0 Å². The van der Waals surface area contributed by atoms with Crippen LogP contribution in [0.5, 0.6) is 0 Å². The smallest absolute Gasteiger partial charge is 0.263 e. The maximum Gasteiger partial charge on any atom is 0.263 e. The number of imidazole rings is 1. The van der Waals surface area contributed by atoms with Crippen molar-refractivity contribution in [2.75, 3.05) is 0 Å². The normalized spacial score (nSPS) is 23.1. The maximum atomic E-state index is 12.8. The van der Waals surface area contributed by atoms with E-state index in [0.29, 0.717) is 5.92 Å². The van der Waals surface area contributed by atoms with Crippen LogP contribution in [0.3, 0.4) is 0 Å². The molecule has 0 saturated heterocycles. The van der Waals surface area contributed by atoms with Crippen LogP contribution in [0, 0.1) is 12.8 Å². The zero-order chi connectivity index (χ0) is 16.0. The first-order chi connectivity index (χ1) is 11.1. The second-order valence-corrected chi connectivity index (χ2v) is 7.53. The molecule has 0 radical (unpaired) electrons. The Kier molecular flexibility index (Phi) is 3.27. The van der Waals surface area contributed by atoms with Crippen molar-refractivity contribution in [1.29, 1.82) is 0 Å². The van der Waals surface area contributed by atoms with Crippen LogP contribution < -0.4 is 5.32 Å². The lowest BCUT2D eigenvalue weighted by Gasteiger charge is -2.19. The van der Waals surface area contributed by atoms with Gasteiger partial charge in [0, 0.05) is 11.2 Å². The van der Waals surface area contributed by atoms with E-state index in [1.165, 1.54) is 16.9 Å². The van der Waals surface area contributed by atoms with Crippen LogP contribution in [0.2, 0.25) is 0 Å². The number of aryl methyl sites for hydroxylation is 1. The summed E-state index contributed by atoms with van der Waals surface area (Å²) in [7, 11) is 0. The van der Waals surface area contributed by atoms with Gasteiger partial charge < -0.3 is 5.32 Å². The Bertz CT molecular complexity index is 867. The number of amides is 1. The van der Waals surface area contributed by atoms with Crippen LogP contribution in [0.25, 0.3) is 4.83 Å². The summed E-state index contributed by atoms with van der Waals surface area (Å²) in [5.74, 6) is 0.552. The highest BCUT2D eigenvalue weighted by atomic mass is 32.1. The molecule has 2 aromatic heterocycles. The zero-order valence-corrected chi connectivity index (χ0v) is 14.1. The van der Waals surface area contributed by atoms with E-state index >= 15 is 0 Å². The summed E-state index contributed by atoms with van der Waals surface area (Å²) in [5, 5.41) is 3.31. The molecule has 4 rings (SSSR count). The Morgan fingerprint density at radius 3 is 2.83 bits per heavy atom. The largest absolute Gasteiger partial charge is 0.345 e. The number of thiazole rings is 1. The van der Waals surface area contributed by atoms with E-state index in [1.807, 2.05) is 17.4 Å². The Hall–Kier alpha value is -2.14. The lowest BCUT2D eigenvalue weighted by atomic mass is 10.0. The summed E-state index contributed by atoms with van der Waals surface area (Å²) in [6.45, 7) is 4.18. The molecule has 1 fully saturated rings. The number of benzene rings is 1. The van der Waals surface area contributed by atoms with Crippen LogP contribution in [-0.2, 0) is 6.42 Å². The molecule has 118 valence electrons. The monoisotopic (exact) mass is 325 g/mol. The topological polar surface area (TPSA) is 46.4 Å². The Balaban J connectivity index is 1.57. The lowest BCUT2D eigenvalue weighted by molar-refractivity contribution is 0.0931. The Morgan fingerprint density at radius 1 is 1.43 bits per heavy atom. The fourth-order valence-corrected chi connectivity index (χ4v) is 4.30. The highest BCUT2D eigenvalue weighted by Crippen LogP contribution is 2.46. The highest BCUT2D eigenvalue weighted by Gasteiger charge is 2.52. The van der Waals surface area contributed by atoms with Crippen molar-refractivity contribution < 1.29 is 4.79 Å². The van der Waals surface area contributed by atoms with Gasteiger partial charge in [-0.15, -0.1) is 11.3 Å². The number of rotatable bonds is 4. The minimum Gasteiger partial charge on any atom is -0.345 e. The first kappa shape index (κ1) is 14.5. The van der Waals surface area contributed by atoms with Gasteiger partial charge in [-0.25, -0.2) is 4.98 Å². The molecule has 2 atom stereocenters. The van der Waals surface area contributed by atoms with Crippen molar-refractivity contribution in [1.82, 2.24) is 14.7 Å². The molecule has 0 spiro atoms. The van der Waals surface area contributed by atoms with Crippen LogP contribution in [0.4, 0.5) is 0 Å². The lowest BCUT2D eigenvalue weighted by Crippen LogP contribution is -2.40. The summed E-state index contributed by atoms with van der Waals surface area (Å²) in [5.41, 5.74) is 2.14. The second-order valence-electron chi connectivity index (χ2n) is 6.50. The molecule has 5 heteroatoms. The zero-order valence-electron chi connectivity index (χ0n) is 13.2. The molecule has 1 saturated carbocycles. The minimum absolute atomic E-state index is 0.0384. The van der Waals surface area contributed by atoms with E-state index in [-0.39, 0.29) is 11.4 Å². The van der Waals surface area contributed by atoms with Gasteiger partial charge in [-0.3, -0.25) is 9.20 Å². The average molecular weight is 325 g/mol. The molecule has 1 aromatic carbocycles. The molecule has 4 nitrogen and oxygen atoms in total. The predicted molar refractivity (Wildman–Crippen MR) is 91.9 cm³/mol. The second kappa shape index (κ2) is 5.20. The third-order valence-corrected chi connectivity index (χ3v) is 6.08. The van der Waals surface area contributed by atoms with E-state index in [2.05, 4.69) is 41.5 Å². The van der Waals surface area contributed by atoms with E-state index in [0.717, 1.165) is 28.2 Å². The van der Waals surface area contributed by atoms with Crippen molar-refractivity contribution in [2.24, 2.45) is 5.92 Å². The highest BCUT2D eigenvalue weighted by molar-refractivity contribution is 7.19. The number of hydrogen-bond acceptors (Lipinski definition) is 3. The fourth-order valence-electron chi connectivity index (χ4n) is 3.30. The van der Waals surface area contributed by atoms with Gasteiger partial charge in [-0.05, 0) is 31.2 Å². The van der Waals surface area contributed by atoms with E-state index < -0.39 is 0 Å². The van der Waals surface area contributed by atoms with Crippen LogP contribution >= 0.6 is 11.3 Å². The number of aromatic nitrogens is 2. The number of hydrogen-bond donors (Lipinski definition) is 1. The molecule has 0 bridgehead atoms. The third-order valence-electron chi connectivity index (χ3n) is 4.89. The van der Waals surface area contributed by atoms with Crippen molar-refractivity contribution >= 4 is 22.1 Å². The van der Waals surface area contributed by atoms with E-state index in [4.69, 9.17) is 0 Å². The molecule has 0 aliphatic heterocycles. The molecule has 0 unspecified atom stereocenters. The van der Waals surface area contributed by atoms with Gasteiger partial charge in [0.05, 0.1) is 6.20 Å². The SMILES string of the molecule is Cc1c(C(=O)N[C@@]2(Cc3ccccc3)C[C@H]2C)sc2cncn12. The quantitative estimate of drug-likeness (QED) is 0.798. The Morgan fingerprint density at radius 2 is 2.17 bits per heavy atom. The molecule has 3 aromatic rings. The number of nitrogens with one attached hydrogen (secondary N) is 1. The Labute approximate surface area is 139 Å². The summed E-state index contributed by atoms with van der Waals surface area (Å²) >= 11 is 1.50. The van der Waals surface area contributed by atoms with Crippen LogP contribution in [0.1, 0.15) is 34.3 Å². The number of nitrogens with zero attached hydrogens (tertiary/aromatic N) is 2. The van der Waals surface area contributed by atoms with Crippen LogP contribution in [0.15, 0.2) is 42.9 Å². The molecule has 1 amide bonds. The van der Waals surface area contributed by atoms with Gasteiger partial charge in [0.15, 0.2) is 0 Å². The first-order valence-corrected chi connectivity index (χ1v) is 8.68. The first-order valence-electron chi connectivity index (χ1n) is 7.87. The average Bonchev–Trinajstić information content (AvgIpc) is 2.91. The van der Waals surface area contributed by atoms with Gasteiger partial charge >= 0.3 is 0 Å². The molecular formula is C18H19N3OS. The molecule has 23 heavy (non-hydrogen) atoms. The molecule has 1 aliphatic carbocycles. The van der Waals surface area contributed by atoms with Crippen molar-refractivity contribution in [3.8, 4) is 0 Å². The molecule has 1 aliphatic rings.